The molecule has 0 amide bonds. The fourth-order valence-corrected chi connectivity index (χ4v) is 5.59. The normalized spacial score (nSPS) is 18.3. The van der Waals surface area contributed by atoms with Crippen molar-refractivity contribution in [2.75, 3.05) is 23.1 Å². The van der Waals surface area contributed by atoms with Crippen LogP contribution in [0.3, 0.4) is 0 Å². The Labute approximate surface area is 139 Å². The first kappa shape index (κ1) is 18.2. The van der Waals surface area contributed by atoms with Gasteiger partial charge in [-0.3, -0.25) is 4.31 Å². The van der Waals surface area contributed by atoms with E-state index in [0.29, 0.717) is 30.8 Å². The molecule has 130 valence electrons. The van der Waals surface area contributed by atoms with Crippen molar-refractivity contribution < 1.29 is 16.8 Å². The first-order chi connectivity index (χ1) is 10.6. The minimum Gasteiger partial charge on any atom is -0.270 e. The van der Waals surface area contributed by atoms with Gasteiger partial charge in [0.1, 0.15) is 0 Å². The minimum atomic E-state index is -3.58. The molecule has 1 aliphatic heterocycles. The van der Waals surface area contributed by atoms with E-state index in [1.807, 2.05) is 13.8 Å². The number of aryl methyl sites for hydroxylation is 1. The van der Waals surface area contributed by atoms with Crippen LogP contribution in [0.5, 0.6) is 0 Å². The van der Waals surface area contributed by atoms with Gasteiger partial charge in [0.15, 0.2) is 0 Å². The average Bonchev–Trinajstić information content (AvgIpc) is 2.44. The highest BCUT2D eigenvalue weighted by atomic mass is 32.2. The van der Waals surface area contributed by atoms with Crippen molar-refractivity contribution in [3.63, 3.8) is 0 Å². The molecular weight excluding hydrogens is 336 g/mol. The van der Waals surface area contributed by atoms with E-state index >= 15 is 0 Å². The van der Waals surface area contributed by atoms with Gasteiger partial charge in [0.25, 0.3) is 0 Å². The second-order valence-corrected chi connectivity index (χ2v) is 10.0. The van der Waals surface area contributed by atoms with Crippen LogP contribution >= 0.6 is 0 Å². The minimum absolute atomic E-state index is 0.141. The maximum Gasteiger partial charge on any atom is 0.240 e. The van der Waals surface area contributed by atoms with Crippen LogP contribution in [0.25, 0.3) is 0 Å². The second-order valence-electron chi connectivity index (χ2n) is 6.29. The summed E-state index contributed by atoms with van der Waals surface area (Å²) in [5.41, 5.74) is 1.07. The molecule has 1 aromatic rings. The summed E-state index contributed by atoms with van der Waals surface area (Å²) in [7, 11) is -6.88. The molecule has 1 saturated heterocycles. The van der Waals surface area contributed by atoms with E-state index in [1.165, 1.54) is 10.4 Å². The SMILES string of the molecule is Cc1cc(N2CCCCS2(=O)=O)ccc1S(=O)(=O)NCC(C)C. The van der Waals surface area contributed by atoms with Gasteiger partial charge in [-0.05, 0) is 49.4 Å². The molecule has 0 saturated carbocycles. The molecule has 0 spiro atoms. The van der Waals surface area contributed by atoms with E-state index < -0.39 is 20.0 Å². The lowest BCUT2D eigenvalue weighted by atomic mass is 10.2. The van der Waals surface area contributed by atoms with Crippen molar-refractivity contribution in [2.24, 2.45) is 5.92 Å². The Morgan fingerprint density at radius 1 is 1.26 bits per heavy atom. The number of benzene rings is 1. The summed E-state index contributed by atoms with van der Waals surface area (Å²) in [5.74, 6) is 0.352. The van der Waals surface area contributed by atoms with E-state index in [2.05, 4.69) is 4.72 Å². The Morgan fingerprint density at radius 3 is 2.52 bits per heavy atom. The molecule has 0 bridgehead atoms. The van der Waals surface area contributed by atoms with Crippen LogP contribution in [0.4, 0.5) is 5.69 Å². The number of rotatable bonds is 5. The van der Waals surface area contributed by atoms with E-state index in [0.717, 1.165) is 6.42 Å². The Balaban J connectivity index is 2.31. The van der Waals surface area contributed by atoms with Gasteiger partial charge in [0.2, 0.25) is 20.0 Å². The van der Waals surface area contributed by atoms with Gasteiger partial charge in [-0.25, -0.2) is 21.6 Å². The third-order valence-electron chi connectivity index (χ3n) is 3.77. The maximum atomic E-state index is 12.3. The van der Waals surface area contributed by atoms with Crippen molar-refractivity contribution in [1.29, 1.82) is 0 Å². The fraction of sp³-hybridized carbons (Fsp3) is 0.600. The van der Waals surface area contributed by atoms with E-state index in [9.17, 15) is 16.8 Å². The molecule has 1 fully saturated rings. The van der Waals surface area contributed by atoms with Gasteiger partial charge >= 0.3 is 0 Å². The number of nitrogens with one attached hydrogen (secondary N) is 1. The lowest BCUT2D eigenvalue weighted by Gasteiger charge is -2.28. The topological polar surface area (TPSA) is 83.6 Å². The van der Waals surface area contributed by atoms with E-state index in [-0.39, 0.29) is 16.6 Å². The van der Waals surface area contributed by atoms with Crippen LogP contribution in [0, 0.1) is 12.8 Å². The zero-order valence-corrected chi connectivity index (χ0v) is 15.4. The Kier molecular flexibility index (Phi) is 5.37. The number of hydrogen-bond donors (Lipinski definition) is 1. The van der Waals surface area contributed by atoms with Gasteiger partial charge in [0, 0.05) is 13.1 Å². The molecule has 0 aliphatic carbocycles. The van der Waals surface area contributed by atoms with Gasteiger partial charge in [-0.1, -0.05) is 13.8 Å². The van der Waals surface area contributed by atoms with Crippen molar-refractivity contribution in [3.8, 4) is 0 Å². The van der Waals surface area contributed by atoms with Gasteiger partial charge in [-0.2, -0.15) is 0 Å². The van der Waals surface area contributed by atoms with Crippen LogP contribution in [-0.4, -0.2) is 35.7 Å². The molecule has 1 aromatic carbocycles. The molecule has 8 heteroatoms. The van der Waals surface area contributed by atoms with Crippen LogP contribution in [0.15, 0.2) is 23.1 Å². The largest absolute Gasteiger partial charge is 0.270 e. The fourth-order valence-electron chi connectivity index (χ4n) is 2.52. The van der Waals surface area contributed by atoms with E-state index in [4.69, 9.17) is 0 Å². The highest BCUT2D eigenvalue weighted by molar-refractivity contribution is 7.92. The van der Waals surface area contributed by atoms with Gasteiger partial charge in [-0.15, -0.1) is 0 Å². The highest BCUT2D eigenvalue weighted by Gasteiger charge is 2.27. The van der Waals surface area contributed by atoms with E-state index in [1.54, 1.807) is 19.1 Å². The lowest BCUT2D eigenvalue weighted by molar-refractivity contribution is 0.559. The number of hydrogen-bond acceptors (Lipinski definition) is 4. The zero-order chi connectivity index (χ0) is 17.3. The molecule has 0 radical (unpaired) electrons. The van der Waals surface area contributed by atoms with Crippen LogP contribution in [0.1, 0.15) is 32.3 Å². The third kappa shape index (κ3) is 4.24. The van der Waals surface area contributed by atoms with Crippen LogP contribution in [-0.2, 0) is 20.0 Å². The highest BCUT2D eigenvalue weighted by Crippen LogP contribution is 2.27. The molecular formula is C15H24N2O4S2. The number of anilines is 1. The Bertz CT molecular complexity index is 771. The number of nitrogens with zero attached hydrogens (tertiary/aromatic N) is 1. The van der Waals surface area contributed by atoms with Gasteiger partial charge in [0.05, 0.1) is 16.3 Å². The van der Waals surface area contributed by atoms with Crippen LogP contribution < -0.4 is 9.03 Å². The smallest absolute Gasteiger partial charge is 0.240 e. The number of sulfonamides is 2. The summed E-state index contributed by atoms with van der Waals surface area (Å²) in [5, 5.41) is 0. The average molecular weight is 361 g/mol. The zero-order valence-electron chi connectivity index (χ0n) is 13.7. The predicted molar refractivity (Wildman–Crippen MR) is 91.6 cm³/mol. The molecule has 23 heavy (non-hydrogen) atoms. The van der Waals surface area contributed by atoms with Crippen LogP contribution in [0.2, 0.25) is 0 Å². The molecule has 0 unspecified atom stereocenters. The third-order valence-corrected chi connectivity index (χ3v) is 7.22. The molecule has 0 atom stereocenters. The molecule has 1 N–H and O–H groups in total. The summed E-state index contributed by atoms with van der Waals surface area (Å²) in [4.78, 5) is 0.191. The quantitative estimate of drug-likeness (QED) is 0.869. The summed E-state index contributed by atoms with van der Waals surface area (Å²) in [6.07, 6.45) is 1.48. The van der Waals surface area contributed by atoms with Crippen molar-refractivity contribution in [1.82, 2.24) is 4.72 Å². The molecule has 1 aliphatic rings. The molecule has 0 aromatic heterocycles. The summed E-state index contributed by atoms with van der Waals surface area (Å²) in [6.45, 7) is 6.35. The lowest BCUT2D eigenvalue weighted by Crippen LogP contribution is -2.38. The molecule has 1 heterocycles. The monoisotopic (exact) mass is 360 g/mol. The Morgan fingerprint density at radius 2 is 1.96 bits per heavy atom. The standard InChI is InChI=1S/C15H24N2O4S2/c1-12(2)11-16-23(20,21)15-7-6-14(10-13(15)3)17-8-4-5-9-22(17,18)19/h6-7,10,12,16H,4-5,8-9,11H2,1-3H3. The molecule has 6 nitrogen and oxygen atoms in total. The first-order valence-electron chi connectivity index (χ1n) is 7.74. The second kappa shape index (κ2) is 6.78. The Hall–Kier alpha value is -1.12. The maximum absolute atomic E-state index is 12.3. The summed E-state index contributed by atoms with van der Waals surface area (Å²) >= 11 is 0. The predicted octanol–water partition coefficient (Wildman–Crippen LogP) is 1.86. The van der Waals surface area contributed by atoms with Crippen molar-refractivity contribution in [2.45, 2.75) is 38.5 Å². The van der Waals surface area contributed by atoms with Crippen molar-refractivity contribution >= 4 is 25.7 Å². The summed E-state index contributed by atoms with van der Waals surface area (Å²) in [6, 6.07) is 4.68. The van der Waals surface area contributed by atoms with Crippen molar-refractivity contribution in [3.05, 3.63) is 23.8 Å². The van der Waals surface area contributed by atoms with Gasteiger partial charge < -0.3 is 0 Å². The molecule has 2 rings (SSSR count). The first-order valence-corrected chi connectivity index (χ1v) is 10.8. The summed E-state index contributed by atoms with van der Waals surface area (Å²) < 4.78 is 52.9.